The molecule has 56 heavy (non-hydrogen) atoms. The average Bonchev–Trinajstić information content (AvgIpc) is 3.22. The predicted octanol–water partition coefficient (Wildman–Crippen LogP) is 11.0. The molecule has 7 nitrogen and oxygen atoms in total. The highest BCUT2D eigenvalue weighted by Crippen LogP contribution is 2.50. The van der Waals surface area contributed by atoms with Crippen molar-refractivity contribution in [3.63, 3.8) is 0 Å². The number of carbonyl (C=O) groups is 1. The minimum Gasteiger partial charge on any atom is -0.496 e. The number of methoxy groups -OCH3 is 4. The molecule has 0 aliphatic rings. The Morgan fingerprint density at radius 2 is 0.696 bits per heavy atom. The van der Waals surface area contributed by atoms with Gasteiger partial charge in [-0.1, -0.05) is 36.4 Å². The summed E-state index contributed by atoms with van der Waals surface area (Å²) in [5.74, 6) is -22.0. The number of ketones is 1. The minimum absolute atomic E-state index is 0.144. The number of carbonyl (C=O) groups excluding carboxylic acids is 1. The highest BCUT2D eigenvalue weighted by molar-refractivity contribution is 6.15. The number of halogens is 8. The lowest BCUT2D eigenvalue weighted by Crippen LogP contribution is -2.11. The zero-order chi connectivity index (χ0) is 40.4. The lowest BCUT2D eigenvalue weighted by molar-refractivity contribution is 0.103. The van der Waals surface area contributed by atoms with Crippen molar-refractivity contribution in [1.29, 1.82) is 0 Å². The molecule has 0 saturated carbocycles. The fraction of sp³-hybridized carbons (Fsp3) is 0.0976. The van der Waals surface area contributed by atoms with Crippen LogP contribution in [0.5, 0.6) is 46.0 Å². The summed E-state index contributed by atoms with van der Waals surface area (Å²) in [6, 6.07) is 18.2. The molecule has 0 N–H and O–H groups in total. The highest BCUT2D eigenvalue weighted by atomic mass is 19.2. The Kier molecular flexibility index (Phi) is 11.1. The summed E-state index contributed by atoms with van der Waals surface area (Å²) < 4.78 is 157. The van der Waals surface area contributed by atoms with E-state index >= 15 is 35.1 Å². The molecule has 0 spiro atoms. The summed E-state index contributed by atoms with van der Waals surface area (Å²) in [5, 5.41) is 0. The molecule has 0 atom stereocenters. The Bertz CT molecular complexity index is 2250. The van der Waals surface area contributed by atoms with E-state index in [0.717, 1.165) is 52.7 Å². The molecule has 0 saturated heterocycles. The Hall–Kier alpha value is -6.77. The summed E-state index contributed by atoms with van der Waals surface area (Å²) in [6.07, 6.45) is 0. The molecule has 0 fully saturated rings. The second-order valence-electron chi connectivity index (χ2n) is 11.5. The molecule has 6 aromatic carbocycles. The van der Waals surface area contributed by atoms with E-state index in [1.54, 1.807) is 12.1 Å². The van der Waals surface area contributed by atoms with Crippen LogP contribution in [-0.4, -0.2) is 34.2 Å². The van der Waals surface area contributed by atoms with Crippen molar-refractivity contribution < 1.29 is 68.3 Å². The number of hydrogen-bond acceptors (Lipinski definition) is 7. The van der Waals surface area contributed by atoms with Gasteiger partial charge in [0.2, 0.25) is 40.6 Å². The predicted molar refractivity (Wildman–Crippen MR) is 186 cm³/mol. The number of hydrogen-bond donors (Lipinski definition) is 0. The van der Waals surface area contributed by atoms with Crippen LogP contribution in [0.2, 0.25) is 0 Å². The van der Waals surface area contributed by atoms with E-state index < -0.39 is 120 Å². The zero-order valence-electron chi connectivity index (χ0n) is 29.5. The fourth-order valence-electron chi connectivity index (χ4n) is 5.92. The van der Waals surface area contributed by atoms with E-state index in [9.17, 15) is 4.79 Å². The molecule has 0 radical (unpaired) electrons. The number of benzene rings is 6. The molecule has 6 rings (SSSR count). The van der Waals surface area contributed by atoms with Crippen LogP contribution in [-0.2, 0) is 0 Å². The van der Waals surface area contributed by atoms with Crippen LogP contribution in [0.15, 0.2) is 84.9 Å². The fourth-order valence-corrected chi connectivity index (χ4v) is 5.92. The lowest BCUT2D eigenvalue weighted by Gasteiger charge is -2.21. The molecule has 0 aromatic heterocycles. The van der Waals surface area contributed by atoms with Gasteiger partial charge in [-0.05, 0) is 48.5 Å². The van der Waals surface area contributed by atoms with Crippen molar-refractivity contribution in [2.75, 3.05) is 28.4 Å². The molecule has 0 unspecified atom stereocenters. The third-order valence-electron chi connectivity index (χ3n) is 8.45. The van der Waals surface area contributed by atoms with E-state index in [0.29, 0.717) is 0 Å². The number of rotatable bonds is 12. The maximum absolute atomic E-state index is 15.9. The molecule has 6 aromatic rings. The quantitative estimate of drug-likeness (QED) is 0.0695. The second kappa shape index (κ2) is 15.9. The van der Waals surface area contributed by atoms with E-state index in [2.05, 4.69) is 0 Å². The van der Waals surface area contributed by atoms with Crippen LogP contribution in [0.1, 0.15) is 15.9 Å². The first kappa shape index (κ1) is 38.9. The molecule has 288 valence electrons. The first-order valence-electron chi connectivity index (χ1n) is 16.1. The Labute approximate surface area is 313 Å². The van der Waals surface area contributed by atoms with Crippen molar-refractivity contribution in [3.05, 3.63) is 143 Å². The van der Waals surface area contributed by atoms with Gasteiger partial charge in [-0.15, -0.1) is 0 Å². The molecule has 0 aliphatic carbocycles. The van der Waals surface area contributed by atoms with Gasteiger partial charge in [0.25, 0.3) is 0 Å². The molecular weight excluding hydrogens is 756 g/mol. The largest absolute Gasteiger partial charge is 0.496 e. The summed E-state index contributed by atoms with van der Waals surface area (Å²) in [4.78, 5) is 14.3. The van der Waals surface area contributed by atoms with E-state index in [-0.39, 0.29) is 11.5 Å². The van der Waals surface area contributed by atoms with Gasteiger partial charge in [-0.3, -0.25) is 4.79 Å². The molecular formula is C41H26F8O7. The van der Waals surface area contributed by atoms with Crippen molar-refractivity contribution in [2.24, 2.45) is 0 Å². The van der Waals surface area contributed by atoms with Crippen LogP contribution in [0.4, 0.5) is 35.1 Å². The summed E-state index contributed by atoms with van der Waals surface area (Å²) in [6.45, 7) is 0. The summed E-state index contributed by atoms with van der Waals surface area (Å²) >= 11 is 0. The Morgan fingerprint density at radius 3 is 0.982 bits per heavy atom. The first-order chi connectivity index (χ1) is 26.9. The van der Waals surface area contributed by atoms with Gasteiger partial charge in [0.15, 0.2) is 23.3 Å². The SMILES string of the molecule is COc1ccc(C(=O)c2ccc(OC)c(-c3c(F)c(F)c(Oc4ccccc4)c(F)c3F)c2OC)c(OC)c1-c1c(F)c(F)c(Oc2ccccc2)c(F)c1F. The number of ether oxygens (including phenoxy) is 6. The summed E-state index contributed by atoms with van der Waals surface area (Å²) in [7, 11) is 4.06. The zero-order valence-corrected chi connectivity index (χ0v) is 29.5. The first-order valence-corrected chi connectivity index (χ1v) is 16.1. The van der Waals surface area contributed by atoms with E-state index in [4.69, 9.17) is 28.4 Å². The van der Waals surface area contributed by atoms with E-state index in [1.165, 1.54) is 48.5 Å². The van der Waals surface area contributed by atoms with Crippen LogP contribution < -0.4 is 28.4 Å². The van der Waals surface area contributed by atoms with Crippen LogP contribution in [0, 0.1) is 46.5 Å². The topological polar surface area (TPSA) is 72.5 Å². The Balaban J connectivity index is 1.54. The van der Waals surface area contributed by atoms with Gasteiger partial charge in [0.1, 0.15) is 34.5 Å². The van der Waals surface area contributed by atoms with E-state index in [1.807, 2.05) is 0 Å². The van der Waals surface area contributed by atoms with Crippen molar-refractivity contribution in [1.82, 2.24) is 0 Å². The van der Waals surface area contributed by atoms with Crippen molar-refractivity contribution in [2.45, 2.75) is 0 Å². The maximum atomic E-state index is 15.9. The maximum Gasteiger partial charge on any atom is 0.205 e. The summed E-state index contributed by atoms with van der Waals surface area (Å²) in [5.41, 5.74) is -5.32. The van der Waals surface area contributed by atoms with Crippen molar-refractivity contribution in [3.8, 4) is 68.2 Å². The van der Waals surface area contributed by atoms with Gasteiger partial charge in [0, 0.05) is 0 Å². The van der Waals surface area contributed by atoms with Gasteiger partial charge in [-0.2, -0.15) is 17.6 Å². The molecule has 0 bridgehead atoms. The molecule has 15 heteroatoms. The standard InChI is InChI=1S/C41H26F8O7/c1-51-23-17-15-21(38(53-3)25(23)27-29(42)33(46)40(34(47)30(27)43)55-19-11-7-5-8-12-19)37(50)22-16-18-24(52-2)26(39(22)54-4)28-31(44)35(48)41(36(49)32(28)45)56-20-13-9-6-10-14-20/h5-18H,1-4H3. The van der Waals surface area contributed by atoms with Gasteiger partial charge in [0.05, 0.1) is 61.8 Å². The van der Waals surface area contributed by atoms with Gasteiger partial charge >= 0.3 is 0 Å². The third kappa shape index (κ3) is 6.65. The van der Waals surface area contributed by atoms with Gasteiger partial charge < -0.3 is 28.4 Å². The lowest BCUT2D eigenvalue weighted by atomic mass is 9.91. The monoisotopic (exact) mass is 782 g/mol. The van der Waals surface area contributed by atoms with Gasteiger partial charge in [-0.25, -0.2) is 17.6 Å². The Morgan fingerprint density at radius 1 is 0.375 bits per heavy atom. The average molecular weight is 783 g/mol. The van der Waals surface area contributed by atoms with Crippen LogP contribution >= 0.6 is 0 Å². The molecule has 0 amide bonds. The van der Waals surface area contributed by atoms with Crippen LogP contribution in [0.3, 0.4) is 0 Å². The second-order valence-corrected chi connectivity index (χ2v) is 11.5. The van der Waals surface area contributed by atoms with Crippen LogP contribution in [0.25, 0.3) is 22.3 Å². The third-order valence-corrected chi connectivity index (χ3v) is 8.45. The highest BCUT2D eigenvalue weighted by Gasteiger charge is 2.36. The minimum atomic E-state index is -1.95. The molecule has 0 heterocycles. The normalized spacial score (nSPS) is 10.9. The van der Waals surface area contributed by atoms with Crippen molar-refractivity contribution >= 4 is 5.78 Å². The molecule has 0 aliphatic heterocycles. The smallest absolute Gasteiger partial charge is 0.205 e. The number of para-hydroxylation sites is 2.